The number of hydrogen-bond donors (Lipinski definition) is 2. The first-order valence-corrected chi connectivity index (χ1v) is 15.1. The van der Waals surface area contributed by atoms with E-state index in [1.54, 1.807) is 11.3 Å². The Morgan fingerprint density at radius 3 is 2.24 bits per heavy atom. The fourth-order valence-corrected chi connectivity index (χ4v) is 8.27. The normalized spacial score (nSPS) is 23.0. The highest BCUT2D eigenvalue weighted by atomic mass is 32.1. The van der Waals surface area contributed by atoms with Gasteiger partial charge in [-0.15, -0.1) is 11.3 Å². The molecule has 0 unspecified atom stereocenters. The van der Waals surface area contributed by atoms with E-state index in [1.807, 2.05) is 0 Å². The SMILES string of the molecule is Cc1cc(C)cc(-c2[nH]c3sc(C(C)(C)C(=O)N4C5CCC4CC5)cc3c2CCN2CCC(N)CC2)c1. The fourth-order valence-electron chi connectivity index (χ4n) is 7.08. The lowest BCUT2D eigenvalue weighted by atomic mass is 9.88. The van der Waals surface area contributed by atoms with Crippen molar-refractivity contribution < 1.29 is 4.79 Å². The van der Waals surface area contributed by atoms with Crippen LogP contribution >= 0.6 is 11.3 Å². The van der Waals surface area contributed by atoms with Crippen LogP contribution in [0.4, 0.5) is 0 Å². The first-order valence-electron chi connectivity index (χ1n) is 14.2. The van der Waals surface area contributed by atoms with Gasteiger partial charge in [-0.25, -0.2) is 0 Å². The lowest BCUT2D eigenvalue weighted by Crippen LogP contribution is -2.45. The molecule has 3 N–H and O–H groups in total. The van der Waals surface area contributed by atoms with Crippen molar-refractivity contribution >= 4 is 27.5 Å². The van der Waals surface area contributed by atoms with E-state index in [4.69, 9.17) is 5.73 Å². The van der Waals surface area contributed by atoms with Crippen molar-refractivity contribution in [2.24, 2.45) is 5.73 Å². The minimum absolute atomic E-state index is 0.321. The molecule has 2 bridgehead atoms. The molecule has 3 fully saturated rings. The van der Waals surface area contributed by atoms with Gasteiger partial charge in [0.05, 0.1) is 11.1 Å². The molecule has 6 heteroatoms. The molecule has 6 rings (SSSR count). The molecule has 0 radical (unpaired) electrons. The van der Waals surface area contributed by atoms with Crippen LogP contribution in [0.1, 0.15) is 73.9 Å². The largest absolute Gasteiger partial charge is 0.346 e. The summed E-state index contributed by atoms with van der Waals surface area (Å²) in [5, 5.41) is 1.30. The molecule has 2 aromatic heterocycles. The standard InChI is InChI=1S/C31H42N4OS/c1-19-15-20(2)17-21(16-19)28-25(11-14-34-12-9-22(32)10-13-34)26-18-27(37-29(26)33-28)31(3,4)30(36)35-23-5-6-24(35)8-7-23/h15-18,22-24,33H,5-14,32H2,1-4H3. The van der Waals surface area contributed by atoms with Crippen LogP contribution in [0.2, 0.25) is 0 Å². The summed E-state index contributed by atoms with van der Waals surface area (Å²) < 4.78 is 0. The Morgan fingerprint density at radius 2 is 1.62 bits per heavy atom. The Hall–Kier alpha value is -2.15. The maximum atomic E-state index is 13.8. The van der Waals surface area contributed by atoms with Gasteiger partial charge in [0.2, 0.25) is 5.91 Å². The Labute approximate surface area is 225 Å². The Kier molecular flexibility index (Phi) is 6.49. The number of rotatable bonds is 6. The monoisotopic (exact) mass is 518 g/mol. The van der Waals surface area contributed by atoms with Crippen LogP contribution in [0.25, 0.3) is 21.5 Å². The molecule has 0 spiro atoms. The van der Waals surface area contributed by atoms with Gasteiger partial charge in [-0.05, 0) is 115 Å². The highest BCUT2D eigenvalue weighted by molar-refractivity contribution is 7.19. The molecule has 3 aromatic rings. The van der Waals surface area contributed by atoms with Crippen LogP contribution in [-0.2, 0) is 16.6 Å². The second-order valence-corrected chi connectivity index (χ2v) is 13.5. The Balaban J connectivity index is 1.35. The first-order chi connectivity index (χ1) is 17.7. The number of aryl methyl sites for hydroxylation is 2. The number of H-pyrrole nitrogens is 1. The van der Waals surface area contributed by atoms with Crippen LogP contribution in [0, 0.1) is 13.8 Å². The second kappa shape index (κ2) is 9.55. The molecule has 0 saturated carbocycles. The molecular formula is C31H42N4OS. The first kappa shape index (κ1) is 25.1. The average molecular weight is 519 g/mol. The molecule has 3 aliphatic rings. The summed E-state index contributed by atoms with van der Waals surface area (Å²) in [6.07, 6.45) is 7.91. The van der Waals surface area contributed by atoms with Gasteiger partial charge in [0, 0.05) is 34.9 Å². The van der Waals surface area contributed by atoms with E-state index in [1.165, 1.54) is 68.7 Å². The number of carbonyl (C=O) groups is 1. The van der Waals surface area contributed by atoms with E-state index >= 15 is 0 Å². The summed E-state index contributed by atoms with van der Waals surface area (Å²) >= 11 is 1.78. The minimum atomic E-state index is -0.504. The third-order valence-electron chi connectivity index (χ3n) is 9.26. The van der Waals surface area contributed by atoms with Gasteiger partial charge >= 0.3 is 0 Å². The maximum Gasteiger partial charge on any atom is 0.233 e. The maximum absolute atomic E-state index is 13.8. The number of likely N-dealkylation sites (tertiary alicyclic amines) is 1. The van der Waals surface area contributed by atoms with Crippen molar-refractivity contribution in [1.82, 2.24) is 14.8 Å². The van der Waals surface area contributed by atoms with E-state index < -0.39 is 5.41 Å². The van der Waals surface area contributed by atoms with Gasteiger partial charge in [-0.2, -0.15) is 0 Å². The molecule has 5 nitrogen and oxygen atoms in total. The second-order valence-electron chi connectivity index (χ2n) is 12.4. The summed E-state index contributed by atoms with van der Waals surface area (Å²) in [4.78, 5) is 24.9. The predicted molar refractivity (Wildman–Crippen MR) is 154 cm³/mol. The summed E-state index contributed by atoms with van der Waals surface area (Å²) in [6, 6.07) is 10.4. The smallest absolute Gasteiger partial charge is 0.233 e. The highest BCUT2D eigenvalue weighted by Crippen LogP contribution is 2.44. The third-order valence-corrected chi connectivity index (χ3v) is 10.6. The number of fused-ring (bicyclic) bond motifs is 3. The number of nitrogens with two attached hydrogens (primary N) is 1. The number of nitrogens with one attached hydrogen (secondary N) is 1. The molecule has 5 heterocycles. The third kappa shape index (κ3) is 4.55. The fraction of sp³-hybridized carbons (Fsp3) is 0.581. The van der Waals surface area contributed by atoms with Crippen molar-refractivity contribution in [3.05, 3.63) is 45.8 Å². The van der Waals surface area contributed by atoms with Crippen LogP contribution in [0.3, 0.4) is 0 Å². The van der Waals surface area contributed by atoms with Crippen LogP contribution in [-0.4, -0.2) is 58.5 Å². The van der Waals surface area contributed by atoms with Crippen LogP contribution in [0.5, 0.6) is 0 Å². The van der Waals surface area contributed by atoms with Gasteiger partial charge < -0.3 is 20.5 Å². The summed E-state index contributed by atoms with van der Waals surface area (Å²) in [6.45, 7) is 11.8. The molecule has 0 aliphatic carbocycles. The summed E-state index contributed by atoms with van der Waals surface area (Å²) in [5.74, 6) is 0.321. The van der Waals surface area contributed by atoms with Gasteiger partial charge in [-0.3, -0.25) is 4.79 Å². The van der Waals surface area contributed by atoms with Gasteiger partial charge in [0.1, 0.15) is 4.83 Å². The molecule has 0 atom stereocenters. The number of carbonyl (C=O) groups excluding carboxylic acids is 1. The quantitative estimate of drug-likeness (QED) is 0.426. The minimum Gasteiger partial charge on any atom is -0.346 e. The van der Waals surface area contributed by atoms with Crippen LogP contribution in [0.15, 0.2) is 24.3 Å². The lowest BCUT2D eigenvalue weighted by molar-refractivity contribution is -0.137. The van der Waals surface area contributed by atoms with E-state index in [2.05, 4.69) is 66.7 Å². The number of nitrogens with zero attached hydrogens (tertiary/aromatic N) is 2. The number of amides is 1. The number of thiophene rings is 1. The zero-order valence-electron chi connectivity index (χ0n) is 22.9. The average Bonchev–Trinajstić information content (AvgIpc) is 3.63. The number of piperidine rings is 1. The van der Waals surface area contributed by atoms with Crippen molar-refractivity contribution in [1.29, 1.82) is 0 Å². The zero-order chi connectivity index (χ0) is 25.9. The van der Waals surface area contributed by atoms with Gasteiger partial charge in [0.25, 0.3) is 0 Å². The number of hydrogen-bond acceptors (Lipinski definition) is 4. The van der Waals surface area contributed by atoms with Crippen molar-refractivity contribution in [3.63, 3.8) is 0 Å². The number of aromatic nitrogens is 1. The zero-order valence-corrected chi connectivity index (χ0v) is 23.7. The molecule has 3 saturated heterocycles. The Morgan fingerprint density at radius 1 is 1.00 bits per heavy atom. The molecular weight excluding hydrogens is 476 g/mol. The van der Waals surface area contributed by atoms with Crippen molar-refractivity contribution in [2.75, 3.05) is 19.6 Å². The van der Waals surface area contributed by atoms with Crippen LogP contribution < -0.4 is 5.73 Å². The highest BCUT2D eigenvalue weighted by Gasteiger charge is 2.47. The molecule has 1 amide bonds. The van der Waals surface area contributed by atoms with Crippen molar-refractivity contribution in [3.8, 4) is 11.3 Å². The molecule has 1 aromatic carbocycles. The topological polar surface area (TPSA) is 65.4 Å². The van der Waals surface area contributed by atoms with E-state index in [0.717, 1.165) is 38.9 Å². The summed E-state index contributed by atoms with van der Waals surface area (Å²) in [7, 11) is 0. The molecule has 3 aliphatic heterocycles. The van der Waals surface area contributed by atoms with E-state index in [9.17, 15) is 4.79 Å². The lowest BCUT2D eigenvalue weighted by Gasteiger charge is -2.31. The molecule has 37 heavy (non-hydrogen) atoms. The van der Waals surface area contributed by atoms with Gasteiger partial charge in [0.15, 0.2) is 0 Å². The number of benzene rings is 1. The van der Waals surface area contributed by atoms with Gasteiger partial charge in [-0.1, -0.05) is 17.2 Å². The predicted octanol–water partition coefficient (Wildman–Crippen LogP) is 5.91. The number of aromatic amines is 1. The van der Waals surface area contributed by atoms with Crippen molar-refractivity contribution in [2.45, 2.75) is 96.2 Å². The molecule has 198 valence electrons. The Bertz CT molecular complexity index is 1270. The van der Waals surface area contributed by atoms with E-state index in [-0.39, 0.29) is 0 Å². The summed E-state index contributed by atoms with van der Waals surface area (Å²) in [5.41, 5.74) is 12.1. The van der Waals surface area contributed by atoms with E-state index in [0.29, 0.717) is 24.0 Å².